The van der Waals surface area contributed by atoms with Crippen molar-refractivity contribution in [3.05, 3.63) is 83.7 Å². The van der Waals surface area contributed by atoms with Crippen molar-refractivity contribution < 1.29 is 5.11 Å². The Kier molecular flexibility index (Phi) is 3.57. The molecule has 0 amide bonds. The van der Waals surface area contributed by atoms with Gasteiger partial charge in [0.1, 0.15) is 0 Å². The average molecular weight is 353 g/mol. The van der Waals surface area contributed by atoms with Gasteiger partial charge in [-0.25, -0.2) is 4.98 Å². The van der Waals surface area contributed by atoms with Crippen molar-refractivity contribution in [3.8, 4) is 34.0 Å². The normalized spacial score (nSPS) is 12.5. The van der Waals surface area contributed by atoms with E-state index in [1.807, 2.05) is 18.2 Å². The zero-order valence-corrected chi connectivity index (χ0v) is 15.1. The molecule has 2 heterocycles. The lowest BCUT2D eigenvalue weighted by atomic mass is 9.87. The van der Waals surface area contributed by atoms with Crippen LogP contribution in [0, 0.1) is 6.92 Å². The molecule has 132 valence electrons. The maximum Gasteiger partial charge on any atom is 0.224 e. The summed E-state index contributed by atoms with van der Waals surface area (Å²) >= 11 is 0. The number of hydrogen-bond donors (Lipinski definition) is 1. The van der Waals surface area contributed by atoms with E-state index in [1.165, 1.54) is 26.9 Å². The van der Waals surface area contributed by atoms with Gasteiger partial charge in [-0.15, -0.1) is 0 Å². The van der Waals surface area contributed by atoms with Gasteiger partial charge in [0.2, 0.25) is 5.88 Å². The Balaban J connectivity index is 1.61. The second-order valence-corrected chi connectivity index (χ2v) is 6.98. The molecule has 0 unspecified atom stereocenters. The second-order valence-electron chi connectivity index (χ2n) is 6.98. The Bertz CT molecular complexity index is 1130. The molecule has 0 spiro atoms. The van der Waals surface area contributed by atoms with E-state index in [2.05, 4.69) is 59.5 Å². The molecule has 4 nitrogen and oxygen atoms in total. The summed E-state index contributed by atoms with van der Waals surface area (Å²) in [5.41, 5.74) is 7.74. The third-order valence-corrected chi connectivity index (χ3v) is 5.19. The highest BCUT2D eigenvalue weighted by molar-refractivity contribution is 5.80. The monoisotopic (exact) mass is 353 g/mol. The van der Waals surface area contributed by atoms with Crippen molar-refractivity contribution in [1.29, 1.82) is 0 Å². The molecule has 2 aromatic heterocycles. The van der Waals surface area contributed by atoms with E-state index in [1.54, 1.807) is 6.20 Å². The van der Waals surface area contributed by atoms with Gasteiger partial charge < -0.3 is 5.11 Å². The summed E-state index contributed by atoms with van der Waals surface area (Å²) in [6.07, 6.45) is 3.44. The Hall–Kier alpha value is -3.40. The van der Waals surface area contributed by atoms with Gasteiger partial charge in [-0.3, -0.25) is 0 Å². The SMILES string of the molecule is Cc1ccc(-c2ccc3c(c2)CCc2nn(-c4ccccn4)c(O)c2-3)cc1. The first kappa shape index (κ1) is 15.8. The van der Waals surface area contributed by atoms with E-state index in [0.717, 1.165) is 29.7 Å². The number of nitrogens with zero attached hydrogens (tertiary/aromatic N) is 3. The number of aromatic nitrogens is 3. The summed E-state index contributed by atoms with van der Waals surface area (Å²) in [7, 11) is 0. The van der Waals surface area contributed by atoms with Crippen molar-refractivity contribution in [2.45, 2.75) is 19.8 Å². The van der Waals surface area contributed by atoms with Crippen LogP contribution < -0.4 is 0 Å². The molecule has 4 heteroatoms. The molecule has 4 aromatic rings. The fourth-order valence-corrected chi connectivity index (χ4v) is 3.77. The predicted molar refractivity (Wildman–Crippen MR) is 106 cm³/mol. The molecule has 0 radical (unpaired) electrons. The quantitative estimate of drug-likeness (QED) is 0.567. The zero-order chi connectivity index (χ0) is 18.4. The molecule has 27 heavy (non-hydrogen) atoms. The summed E-state index contributed by atoms with van der Waals surface area (Å²) in [6.45, 7) is 2.10. The van der Waals surface area contributed by atoms with Crippen LogP contribution in [0.1, 0.15) is 16.8 Å². The van der Waals surface area contributed by atoms with E-state index < -0.39 is 0 Å². The van der Waals surface area contributed by atoms with E-state index in [9.17, 15) is 5.11 Å². The van der Waals surface area contributed by atoms with Crippen LogP contribution in [0.15, 0.2) is 66.9 Å². The number of fused-ring (bicyclic) bond motifs is 3. The van der Waals surface area contributed by atoms with Crippen LogP contribution in [0.25, 0.3) is 28.1 Å². The van der Waals surface area contributed by atoms with E-state index in [-0.39, 0.29) is 5.88 Å². The number of benzene rings is 2. The number of aromatic hydroxyl groups is 1. The third-order valence-electron chi connectivity index (χ3n) is 5.19. The topological polar surface area (TPSA) is 50.9 Å². The highest BCUT2D eigenvalue weighted by Crippen LogP contribution is 2.41. The van der Waals surface area contributed by atoms with Crippen LogP contribution in [-0.2, 0) is 12.8 Å². The van der Waals surface area contributed by atoms with Gasteiger partial charge in [0, 0.05) is 6.20 Å². The Morgan fingerprint density at radius 1 is 0.926 bits per heavy atom. The van der Waals surface area contributed by atoms with E-state index in [0.29, 0.717) is 5.82 Å². The summed E-state index contributed by atoms with van der Waals surface area (Å²) in [6, 6.07) is 20.6. The lowest BCUT2D eigenvalue weighted by molar-refractivity contribution is 0.433. The molecular formula is C23H19N3O. The molecule has 2 aromatic carbocycles. The first-order valence-electron chi connectivity index (χ1n) is 9.13. The van der Waals surface area contributed by atoms with Gasteiger partial charge in [0.05, 0.1) is 11.3 Å². The average Bonchev–Trinajstić information content (AvgIpc) is 3.06. The standard InChI is InChI=1S/C23H19N3O/c1-15-5-7-16(8-6-15)17-9-11-19-18(14-17)10-12-20-22(19)23(27)26(25-20)21-4-2-3-13-24-21/h2-9,11,13-14,27H,10,12H2,1H3. The van der Waals surface area contributed by atoms with E-state index >= 15 is 0 Å². The van der Waals surface area contributed by atoms with Gasteiger partial charge in [0.25, 0.3) is 0 Å². The van der Waals surface area contributed by atoms with Crippen LogP contribution in [0.4, 0.5) is 0 Å². The molecule has 0 saturated heterocycles. The van der Waals surface area contributed by atoms with Crippen molar-refractivity contribution in [1.82, 2.24) is 14.8 Å². The molecule has 5 rings (SSSR count). The number of pyridine rings is 1. The Morgan fingerprint density at radius 3 is 2.52 bits per heavy atom. The van der Waals surface area contributed by atoms with Gasteiger partial charge in [-0.2, -0.15) is 9.78 Å². The molecule has 1 N–H and O–H groups in total. The largest absolute Gasteiger partial charge is 0.493 e. The van der Waals surface area contributed by atoms with Crippen LogP contribution in [-0.4, -0.2) is 19.9 Å². The van der Waals surface area contributed by atoms with Gasteiger partial charge in [-0.05, 0) is 54.2 Å². The van der Waals surface area contributed by atoms with Crippen molar-refractivity contribution in [3.63, 3.8) is 0 Å². The first-order chi connectivity index (χ1) is 13.2. The van der Waals surface area contributed by atoms with Crippen LogP contribution in [0.2, 0.25) is 0 Å². The lowest BCUT2D eigenvalue weighted by Gasteiger charge is -2.17. The minimum Gasteiger partial charge on any atom is -0.493 e. The van der Waals surface area contributed by atoms with Gasteiger partial charge in [0.15, 0.2) is 5.82 Å². The van der Waals surface area contributed by atoms with Crippen LogP contribution >= 0.6 is 0 Å². The molecule has 0 saturated carbocycles. The number of aryl methyl sites for hydroxylation is 3. The fraction of sp³-hybridized carbons (Fsp3) is 0.130. The van der Waals surface area contributed by atoms with Gasteiger partial charge >= 0.3 is 0 Å². The number of rotatable bonds is 2. The van der Waals surface area contributed by atoms with Crippen molar-refractivity contribution >= 4 is 0 Å². The summed E-state index contributed by atoms with van der Waals surface area (Å²) < 4.78 is 1.54. The summed E-state index contributed by atoms with van der Waals surface area (Å²) in [4.78, 5) is 4.31. The van der Waals surface area contributed by atoms with Crippen molar-refractivity contribution in [2.24, 2.45) is 0 Å². The third kappa shape index (κ3) is 2.61. The maximum atomic E-state index is 10.9. The van der Waals surface area contributed by atoms with Crippen LogP contribution in [0.3, 0.4) is 0 Å². The Morgan fingerprint density at radius 2 is 1.74 bits per heavy atom. The highest BCUT2D eigenvalue weighted by atomic mass is 16.3. The van der Waals surface area contributed by atoms with Crippen LogP contribution in [0.5, 0.6) is 5.88 Å². The predicted octanol–water partition coefficient (Wildman–Crippen LogP) is 4.71. The highest BCUT2D eigenvalue weighted by Gasteiger charge is 2.26. The minimum absolute atomic E-state index is 0.160. The fourth-order valence-electron chi connectivity index (χ4n) is 3.77. The second kappa shape index (κ2) is 6.09. The molecule has 1 aliphatic carbocycles. The maximum absolute atomic E-state index is 10.9. The molecule has 1 aliphatic rings. The number of hydrogen-bond acceptors (Lipinski definition) is 3. The summed E-state index contributed by atoms with van der Waals surface area (Å²) in [5.74, 6) is 0.787. The molecule has 0 fully saturated rings. The Labute approximate surface area is 157 Å². The zero-order valence-electron chi connectivity index (χ0n) is 15.1. The van der Waals surface area contributed by atoms with Gasteiger partial charge in [-0.1, -0.05) is 54.1 Å². The first-order valence-corrected chi connectivity index (χ1v) is 9.13. The smallest absolute Gasteiger partial charge is 0.224 e. The molecule has 0 atom stereocenters. The lowest BCUT2D eigenvalue weighted by Crippen LogP contribution is -2.03. The molecule has 0 aliphatic heterocycles. The van der Waals surface area contributed by atoms with Crippen molar-refractivity contribution in [2.75, 3.05) is 0 Å². The minimum atomic E-state index is 0.160. The molecular weight excluding hydrogens is 334 g/mol. The summed E-state index contributed by atoms with van der Waals surface area (Å²) in [5, 5.41) is 15.5. The van der Waals surface area contributed by atoms with E-state index in [4.69, 9.17) is 0 Å². The molecule has 0 bridgehead atoms.